The van der Waals surface area contributed by atoms with Crippen molar-refractivity contribution in [1.82, 2.24) is 34.1 Å². The molecule has 6 aromatic rings. The number of para-hydroxylation sites is 2. The van der Waals surface area contributed by atoms with Crippen LogP contribution in [0, 0.1) is 13.8 Å². The zero-order chi connectivity index (χ0) is 42.6. The predicted molar refractivity (Wildman–Crippen MR) is 226 cm³/mol. The summed E-state index contributed by atoms with van der Waals surface area (Å²) in [5.41, 5.74) is 0.273. The Hall–Kier alpha value is -5.94. The first-order chi connectivity index (χ1) is 28.5. The van der Waals surface area contributed by atoms with Crippen molar-refractivity contribution in [3.63, 3.8) is 0 Å². The molecule has 312 valence electrons. The maximum Gasteiger partial charge on any atom is 0.330 e. The van der Waals surface area contributed by atoms with Gasteiger partial charge in [-0.25, -0.2) is 14.3 Å². The second-order valence-corrected chi connectivity index (χ2v) is 21.9. The number of aryl methyl sites for hydroxylation is 2. The van der Waals surface area contributed by atoms with Crippen LogP contribution >= 0.6 is 0 Å². The topological polar surface area (TPSA) is 177 Å². The number of benzene rings is 3. The first-order valence-corrected chi connectivity index (χ1v) is 22.9. The molecule has 60 heavy (non-hydrogen) atoms. The van der Waals surface area contributed by atoms with Gasteiger partial charge in [0.1, 0.15) is 35.6 Å². The van der Waals surface area contributed by atoms with Crippen molar-refractivity contribution in [1.29, 1.82) is 0 Å². The molecular formula is C44H49N7O8Si. The maximum atomic E-state index is 13.4. The first-order valence-electron chi connectivity index (χ1n) is 20.0. The molecule has 16 heteroatoms. The van der Waals surface area contributed by atoms with Crippen LogP contribution in [-0.4, -0.2) is 60.7 Å². The molecule has 2 aliphatic rings. The van der Waals surface area contributed by atoms with Gasteiger partial charge in [-0.2, -0.15) is 0 Å². The molecule has 15 nitrogen and oxygen atoms in total. The quantitative estimate of drug-likeness (QED) is 0.159. The second kappa shape index (κ2) is 15.6. The first kappa shape index (κ1) is 40.8. The van der Waals surface area contributed by atoms with E-state index in [1.165, 1.54) is 21.5 Å². The number of aromatic amines is 2. The number of nitrogens with zero attached hydrogens (tertiary/aromatic N) is 5. The zero-order valence-corrected chi connectivity index (χ0v) is 35.7. The third-order valence-electron chi connectivity index (χ3n) is 11.9. The Balaban J connectivity index is 1.30. The van der Waals surface area contributed by atoms with Crippen LogP contribution in [-0.2, 0) is 32.6 Å². The summed E-state index contributed by atoms with van der Waals surface area (Å²) in [5, 5.41) is 8.76. The third kappa shape index (κ3) is 7.55. The van der Waals surface area contributed by atoms with Gasteiger partial charge in [-0.1, -0.05) is 92.7 Å². The van der Waals surface area contributed by atoms with Gasteiger partial charge in [-0.05, 0) is 49.7 Å². The molecule has 0 bridgehead atoms. The lowest BCUT2D eigenvalue weighted by Crippen LogP contribution is -2.51. The lowest BCUT2D eigenvalue weighted by Gasteiger charge is -2.45. The minimum atomic E-state index is -2.51. The molecule has 8 rings (SSSR count). The van der Waals surface area contributed by atoms with Gasteiger partial charge in [0.05, 0.1) is 25.4 Å². The molecule has 0 saturated carbocycles. The average Bonchev–Trinajstić information content (AvgIpc) is 3.83. The van der Waals surface area contributed by atoms with Crippen LogP contribution < -0.4 is 27.2 Å². The number of fused-ring (bicyclic) bond motifs is 2. The van der Waals surface area contributed by atoms with Crippen molar-refractivity contribution in [3.8, 4) is 11.5 Å². The molecule has 1 unspecified atom stereocenters. The van der Waals surface area contributed by atoms with Gasteiger partial charge in [0, 0.05) is 41.1 Å². The molecule has 1 saturated heterocycles. The molecular weight excluding hydrogens is 783 g/mol. The largest absolute Gasteiger partial charge is 0.457 e. The fourth-order valence-corrected chi connectivity index (χ4v) is 9.14. The number of hydrogen-bond acceptors (Lipinski definition) is 10. The van der Waals surface area contributed by atoms with Crippen LogP contribution in [0.15, 0.2) is 117 Å². The summed E-state index contributed by atoms with van der Waals surface area (Å²) in [4.78, 5) is 55.5. The standard InChI is InChI=1S/C44H49N7O8Si/c1-27-22-49(41(54)45-39(27)52)24-30-25-50(48-47-30)26-36(38-35(59-60(6,7)43(3,4)5)21-37(57-38)51-23-28(2)40(53)46-42(51)55)58-44(29-15-9-8-10-16-29)31-17-11-13-19-33(31)56-34-20-14-12-18-32(34)44/h8-20,22-23,25,35-38H,21,24,26H2,1-7H3,(H,45,52,54)(H,46,53,55)/t35-,36?,37+,38-/m0/s1. The monoisotopic (exact) mass is 831 g/mol. The molecule has 5 heterocycles. The van der Waals surface area contributed by atoms with E-state index in [0.29, 0.717) is 28.3 Å². The van der Waals surface area contributed by atoms with Crippen LogP contribution in [0.3, 0.4) is 0 Å². The maximum absolute atomic E-state index is 13.4. The number of H-pyrrole nitrogens is 2. The fraction of sp³-hybridized carbons (Fsp3) is 0.364. The summed E-state index contributed by atoms with van der Waals surface area (Å²) < 4.78 is 33.0. The second-order valence-electron chi connectivity index (χ2n) is 17.1. The Bertz CT molecular complexity index is 2740. The SMILES string of the molecule is Cc1cn(Cc2cn(CC(OC3(c4ccccc4)c4ccccc4Oc4ccccc43)[C@H]3O[C@@H](n4cc(C)c(=O)[nH]c4=O)C[C@@H]3O[Si](C)(C)C(C)(C)C)nn2)c(=O)[nH]c1=O. The lowest BCUT2D eigenvalue weighted by atomic mass is 9.77. The van der Waals surface area contributed by atoms with Gasteiger partial charge in [-0.15, -0.1) is 5.10 Å². The van der Waals surface area contributed by atoms with E-state index in [9.17, 15) is 19.2 Å². The van der Waals surface area contributed by atoms with Crippen LogP contribution in [0.2, 0.25) is 18.1 Å². The number of rotatable bonds is 11. The van der Waals surface area contributed by atoms with E-state index in [2.05, 4.69) is 54.1 Å². The Morgan fingerprint density at radius 1 is 0.833 bits per heavy atom. The highest BCUT2D eigenvalue weighted by atomic mass is 28.4. The number of nitrogens with one attached hydrogen (secondary N) is 2. The van der Waals surface area contributed by atoms with E-state index >= 15 is 0 Å². The van der Waals surface area contributed by atoms with Crippen LogP contribution in [0.25, 0.3) is 0 Å². The summed E-state index contributed by atoms with van der Waals surface area (Å²) in [5.74, 6) is 1.25. The van der Waals surface area contributed by atoms with Crippen LogP contribution in [0.5, 0.6) is 11.5 Å². The summed E-state index contributed by atoms with van der Waals surface area (Å²) in [6.45, 7) is 14.3. The number of ether oxygens (including phenoxy) is 3. The summed E-state index contributed by atoms with van der Waals surface area (Å²) >= 11 is 0. The molecule has 0 spiro atoms. The predicted octanol–water partition coefficient (Wildman–Crippen LogP) is 5.50. The van der Waals surface area contributed by atoms with Gasteiger partial charge >= 0.3 is 11.4 Å². The molecule has 2 aliphatic heterocycles. The normalized spacial score (nSPS) is 19.0. The number of aromatic nitrogens is 7. The fourth-order valence-electron chi connectivity index (χ4n) is 7.80. The Kier molecular flexibility index (Phi) is 10.6. The molecule has 2 N–H and O–H groups in total. The van der Waals surface area contributed by atoms with Crippen molar-refractivity contribution in [2.45, 2.75) is 102 Å². The zero-order valence-electron chi connectivity index (χ0n) is 34.7. The van der Waals surface area contributed by atoms with Gasteiger partial charge in [-0.3, -0.25) is 28.7 Å². The molecule has 0 aliphatic carbocycles. The van der Waals surface area contributed by atoms with E-state index < -0.39 is 61.0 Å². The van der Waals surface area contributed by atoms with Crippen LogP contribution in [0.4, 0.5) is 0 Å². The lowest BCUT2D eigenvalue weighted by molar-refractivity contribution is -0.150. The highest BCUT2D eigenvalue weighted by Crippen LogP contribution is 2.54. The summed E-state index contributed by atoms with van der Waals surface area (Å²) in [6.07, 6.45) is 1.98. The van der Waals surface area contributed by atoms with E-state index in [-0.39, 0.29) is 24.5 Å². The average molecular weight is 832 g/mol. The Morgan fingerprint density at radius 3 is 2.08 bits per heavy atom. The van der Waals surface area contributed by atoms with Crippen molar-refractivity contribution in [3.05, 3.63) is 173 Å². The van der Waals surface area contributed by atoms with E-state index in [1.54, 1.807) is 24.7 Å². The van der Waals surface area contributed by atoms with E-state index in [4.69, 9.17) is 18.6 Å². The Morgan fingerprint density at radius 2 is 1.43 bits per heavy atom. The summed E-state index contributed by atoms with van der Waals surface area (Å²) in [6, 6.07) is 25.5. The minimum absolute atomic E-state index is 0.0572. The van der Waals surface area contributed by atoms with E-state index in [0.717, 1.165) is 16.7 Å². The van der Waals surface area contributed by atoms with Crippen LogP contribution in [0.1, 0.15) is 66.9 Å². The highest BCUT2D eigenvalue weighted by Gasteiger charge is 2.53. The van der Waals surface area contributed by atoms with Crippen molar-refractivity contribution < 1.29 is 18.6 Å². The minimum Gasteiger partial charge on any atom is -0.457 e. The highest BCUT2D eigenvalue weighted by molar-refractivity contribution is 6.74. The molecule has 3 aromatic carbocycles. The van der Waals surface area contributed by atoms with Crippen molar-refractivity contribution in [2.75, 3.05) is 0 Å². The van der Waals surface area contributed by atoms with Crippen molar-refractivity contribution in [2.24, 2.45) is 0 Å². The third-order valence-corrected chi connectivity index (χ3v) is 16.4. The van der Waals surface area contributed by atoms with Gasteiger partial charge in [0.15, 0.2) is 13.9 Å². The van der Waals surface area contributed by atoms with Gasteiger partial charge < -0.3 is 18.6 Å². The Labute approximate surface area is 346 Å². The summed E-state index contributed by atoms with van der Waals surface area (Å²) in [7, 11) is -2.51. The molecule has 3 aromatic heterocycles. The molecule has 1 fully saturated rings. The molecule has 0 amide bonds. The molecule has 0 radical (unpaired) electrons. The smallest absolute Gasteiger partial charge is 0.330 e. The number of hydrogen-bond donors (Lipinski definition) is 2. The van der Waals surface area contributed by atoms with Crippen molar-refractivity contribution >= 4 is 8.32 Å². The van der Waals surface area contributed by atoms with E-state index in [1.807, 2.05) is 78.9 Å². The molecule has 4 atom stereocenters. The van der Waals surface area contributed by atoms with Gasteiger partial charge in [0.2, 0.25) is 0 Å². The van der Waals surface area contributed by atoms with Gasteiger partial charge in [0.25, 0.3) is 11.1 Å².